The van der Waals surface area contributed by atoms with Gasteiger partial charge in [0.05, 0.1) is 5.69 Å². The second-order valence-electron chi connectivity index (χ2n) is 6.70. The van der Waals surface area contributed by atoms with Crippen molar-refractivity contribution in [3.63, 3.8) is 0 Å². The summed E-state index contributed by atoms with van der Waals surface area (Å²) in [6.07, 6.45) is 0.933. The molecule has 0 saturated carbocycles. The fourth-order valence-electron chi connectivity index (χ4n) is 3.35. The van der Waals surface area contributed by atoms with Crippen LogP contribution < -0.4 is 11.1 Å². The number of carbonyl (C=O) groups is 2. The number of aromatic nitrogens is 1. The Hall–Kier alpha value is -3.19. The van der Waals surface area contributed by atoms with Crippen LogP contribution in [0.4, 0.5) is 10.8 Å². The van der Waals surface area contributed by atoms with Crippen LogP contribution in [0.15, 0.2) is 60.0 Å². The first-order valence-corrected chi connectivity index (χ1v) is 9.94. The molecule has 1 atom stereocenters. The first-order chi connectivity index (χ1) is 13.6. The summed E-state index contributed by atoms with van der Waals surface area (Å²) in [6.45, 7) is 0.446. The van der Waals surface area contributed by atoms with E-state index < -0.39 is 6.04 Å². The highest BCUT2D eigenvalue weighted by atomic mass is 32.1. The monoisotopic (exact) mass is 392 g/mol. The average molecular weight is 392 g/mol. The number of rotatable bonds is 5. The summed E-state index contributed by atoms with van der Waals surface area (Å²) >= 11 is 1.39. The van der Waals surface area contributed by atoms with Gasteiger partial charge < -0.3 is 16.0 Å². The number of hydrogen-bond acceptors (Lipinski definition) is 5. The van der Waals surface area contributed by atoms with E-state index in [9.17, 15) is 9.59 Å². The Bertz CT molecular complexity index is 985. The van der Waals surface area contributed by atoms with Gasteiger partial charge in [-0.2, -0.15) is 0 Å². The number of nitrogens with zero attached hydrogens (tertiary/aromatic N) is 2. The van der Waals surface area contributed by atoms with Crippen molar-refractivity contribution in [2.24, 2.45) is 0 Å². The predicted molar refractivity (Wildman–Crippen MR) is 111 cm³/mol. The SMILES string of the molecule is Nc1nc(-c2ccc(NC(=O)C3CCC(=O)N3Cc3ccccc3)cc2)cs1. The summed E-state index contributed by atoms with van der Waals surface area (Å²) in [6, 6.07) is 16.7. The second kappa shape index (κ2) is 7.82. The van der Waals surface area contributed by atoms with Gasteiger partial charge in [0.25, 0.3) is 0 Å². The number of amides is 2. The van der Waals surface area contributed by atoms with Crippen molar-refractivity contribution in [2.75, 3.05) is 11.1 Å². The van der Waals surface area contributed by atoms with Gasteiger partial charge in [-0.05, 0) is 24.1 Å². The summed E-state index contributed by atoms with van der Waals surface area (Å²) in [4.78, 5) is 31.0. The Kier molecular flexibility index (Phi) is 5.08. The molecule has 1 aliphatic heterocycles. The molecule has 142 valence electrons. The number of thiazole rings is 1. The Labute approximate surface area is 167 Å². The highest BCUT2D eigenvalue weighted by Gasteiger charge is 2.35. The smallest absolute Gasteiger partial charge is 0.247 e. The van der Waals surface area contributed by atoms with Crippen LogP contribution in [0.5, 0.6) is 0 Å². The normalized spacial score (nSPS) is 16.4. The molecular formula is C21H20N4O2S. The average Bonchev–Trinajstić information content (AvgIpc) is 3.29. The molecule has 4 rings (SSSR count). The van der Waals surface area contributed by atoms with Gasteiger partial charge in [-0.25, -0.2) is 4.98 Å². The van der Waals surface area contributed by atoms with Crippen molar-refractivity contribution < 1.29 is 9.59 Å². The number of carbonyl (C=O) groups excluding carboxylic acids is 2. The van der Waals surface area contributed by atoms with E-state index >= 15 is 0 Å². The number of nitrogen functional groups attached to an aromatic ring is 1. The zero-order valence-electron chi connectivity index (χ0n) is 15.2. The third-order valence-corrected chi connectivity index (χ3v) is 5.47. The number of nitrogens with two attached hydrogens (primary N) is 1. The van der Waals surface area contributed by atoms with Crippen LogP contribution in [-0.2, 0) is 16.1 Å². The molecule has 6 nitrogen and oxygen atoms in total. The minimum absolute atomic E-state index is 0.0143. The fourth-order valence-corrected chi connectivity index (χ4v) is 3.93. The standard InChI is InChI=1S/C21H20N4O2S/c22-21-24-17(13-28-21)15-6-8-16(9-7-15)23-20(27)18-10-11-19(26)25(18)12-14-4-2-1-3-5-14/h1-9,13,18H,10-12H2,(H2,22,24)(H,23,27). The molecule has 1 fully saturated rings. The molecule has 1 saturated heterocycles. The van der Waals surface area contributed by atoms with Crippen molar-refractivity contribution in [1.29, 1.82) is 0 Å². The molecule has 0 aliphatic carbocycles. The Balaban J connectivity index is 1.44. The molecule has 28 heavy (non-hydrogen) atoms. The van der Waals surface area contributed by atoms with E-state index in [-0.39, 0.29) is 11.8 Å². The maximum absolute atomic E-state index is 12.8. The molecule has 3 N–H and O–H groups in total. The van der Waals surface area contributed by atoms with Crippen LogP contribution in [0.25, 0.3) is 11.3 Å². The van der Waals surface area contributed by atoms with Gasteiger partial charge in [-0.15, -0.1) is 11.3 Å². The van der Waals surface area contributed by atoms with Crippen LogP contribution in [0.1, 0.15) is 18.4 Å². The van der Waals surface area contributed by atoms with E-state index in [1.807, 2.05) is 60.0 Å². The topological polar surface area (TPSA) is 88.3 Å². The third-order valence-electron chi connectivity index (χ3n) is 4.80. The molecule has 0 bridgehead atoms. The lowest BCUT2D eigenvalue weighted by Gasteiger charge is -2.24. The fraction of sp³-hybridized carbons (Fsp3) is 0.190. The molecule has 0 spiro atoms. The van der Waals surface area contributed by atoms with E-state index in [0.29, 0.717) is 30.2 Å². The highest BCUT2D eigenvalue weighted by Crippen LogP contribution is 2.26. The Morgan fingerprint density at radius 2 is 1.93 bits per heavy atom. The summed E-state index contributed by atoms with van der Waals surface area (Å²) in [5.41, 5.74) is 9.14. The van der Waals surface area contributed by atoms with Gasteiger partial charge in [-0.1, -0.05) is 42.5 Å². The van der Waals surface area contributed by atoms with Crippen molar-refractivity contribution >= 4 is 34.0 Å². The van der Waals surface area contributed by atoms with Crippen LogP contribution >= 0.6 is 11.3 Å². The van der Waals surface area contributed by atoms with Gasteiger partial charge in [0.1, 0.15) is 6.04 Å². The molecule has 1 aromatic heterocycles. The lowest BCUT2D eigenvalue weighted by atomic mass is 10.1. The first kappa shape index (κ1) is 18.2. The van der Waals surface area contributed by atoms with Gasteiger partial charge in [0, 0.05) is 29.6 Å². The summed E-state index contributed by atoms with van der Waals surface area (Å²) in [5, 5.41) is 5.35. The Morgan fingerprint density at radius 1 is 1.18 bits per heavy atom. The van der Waals surface area contributed by atoms with Crippen molar-refractivity contribution in [3.8, 4) is 11.3 Å². The van der Waals surface area contributed by atoms with E-state index in [4.69, 9.17) is 5.73 Å². The first-order valence-electron chi connectivity index (χ1n) is 9.06. The number of nitrogens with one attached hydrogen (secondary N) is 1. The maximum Gasteiger partial charge on any atom is 0.247 e. The van der Waals surface area contributed by atoms with Crippen LogP contribution in [-0.4, -0.2) is 27.7 Å². The van der Waals surface area contributed by atoms with Gasteiger partial charge >= 0.3 is 0 Å². The largest absolute Gasteiger partial charge is 0.375 e. The number of likely N-dealkylation sites (tertiary alicyclic amines) is 1. The molecule has 7 heteroatoms. The minimum atomic E-state index is -0.453. The van der Waals surface area contributed by atoms with Gasteiger partial charge in [0.15, 0.2) is 5.13 Å². The number of hydrogen-bond donors (Lipinski definition) is 2. The summed E-state index contributed by atoms with van der Waals surface area (Å²) in [5.74, 6) is -0.145. The maximum atomic E-state index is 12.8. The van der Waals surface area contributed by atoms with Crippen LogP contribution in [0.3, 0.4) is 0 Å². The quantitative estimate of drug-likeness (QED) is 0.695. The second-order valence-corrected chi connectivity index (χ2v) is 7.59. The van der Waals surface area contributed by atoms with E-state index in [1.54, 1.807) is 4.90 Å². The molecule has 2 amide bonds. The van der Waals surface area contributed by atoms with Crippen molar-refractivity contribution in [2.45, 2.75) is 25.4 Å². The lowest BCUT2D eigenvalue weighted by Crippen LogP contribution is -2.41. The molecular weight excluding hydrogens is 372 g/mol. The molecule has 0 radical (unpaired) electrons. The zero-order chi connectivity index (χ0) is 19.5. The van der Waals surface area contributed by atoms with Crippen LogP contribution in [0.2, 0.25) is 0 Å². The minimum Gasteiger partial charge on any atom is -0.375 e. The third kappa shape index (κ3) is 3.89. The van der Waals surface area contributed by atoms with Crippen molar-refractivity contribution in [1.82, 2.24) is 9.88 Å². The Morgan fingerprint density at radius 3 is 2.61 bits per heavy atom. The zero-order valence-corrected chi connectivity index (χ0v) is 16.0. The molecule has 1 unspecified atom stereocenters. The molecule has 1 aliphatic rings. The molecule has 2 heterocycles. The van der Waals surface area contributed by atoms with Gasteiger partial charge in [-0.3, -0.25) is 9.59 Å². The lowest BCUT2D eigenvalue weighted by molar-refractivity contribution is -0.133. The highest BCUT2D eigenvalue weighted by molar-refractivity contribution is 7.13. The summed E-state index contributed by atoms with van der Waals surface area (Å²) in [7, 11) is 0. The number of anilines is 2. The molecule has 3 aromatic rings. The van der Waals surface area contributed by atoms with E-state index in [2.05, 4.69) is 10.3 Å². The van der Waals surface area contributed by atoms with Gasteiger partial charge in [0.2, 0.25) is 11.8 Å². The molecule has 2 aromatic carbocycles. The van der Waals surface area contributed by atoms with Crippen molar-refractivity contribution in [3.05, 3.63) is 65.5 Å². The number of benzene rings is 2. The summed E-state index contributed by atoms with van der Waals surface area (Å²) < 4.78 is 0. The van der Waals surface area contributed by atoms with Crippen LogP contribution in [0, 0.1) is 0 Å². The predicted octanol–water partition coefficient (Wildman–Crippen LogP) is 3.52. The van der Waals surface area contributed by atoms with E-state index in [1.165, 1.54) is 11.3 Å². The van der Waals surface area contributed by atoms with E-state index in [0.717, 1.165) is 16.8 Å².